The summed E-state index contributed by atoms with van der Waals surface area (Å²) in [6.45, 7) is 9.15. The lowest BCUT2D eigenvalue weighted by atomic mass is 10.1. The van der Waals surface area contributed by atoms with Gasteiger partial charge in [-0.2, -0.15) is 0 Å². The Morgan fingerprint density at radius 1 is 1.13 bits per heavy atom. The van der Waals surface area contributed by atoms with Gasteiger partial charge in [-0.15, -0.1) is 0 Å². The second kappa shape index (κ2) is 10.8. The average Bonchev–Trinajstić information content (AvgIpc) is 2.71. The van der Waals surface area contributed by atoms with Gasteiger partial charge in [0.2, 0.25) is 5.91 Å². The molecule has 0 spiro atoms. The molecule has 2 aromatic rings. The van der Waals surface area contributed by atoms with E-state index in [0.29, 0.717) is 11.3 Å². The van der Waals surface area contributed by atoms with Crippen LogP contribution in [0.3, 0.4) is 0 Å². The molecule has 2 rings (SSSR count). The molecule has 0 saturated carbocycles. The van der Waals surface area contributed by atoms with Crippen molar-refractivity contribution in [1.82, 2.24) is 10.2 Å². The minimum atomic E-state index is -0.770. The Hall–Kier alpha value is -2.89. The summed E-state index contributed by atoms with van der Waals surface area (Å²) in [5.74, 6) is -0.470. The van der Waals surface area contributed by atoms with Crippen molar-refractivity contribution in [3.05, 3.63) is 65.0 Å². The third-order valence-corrected chi connectivity index (χ3v) is 5.15. The summed E-state index contributed by atoms with van der Waals surface area (Å²) in [7, 11) is 0. The molecule has 1 N–H and O–H groups in total. The Morgan fingerprint density at radius 3 is 2.47 bits per heavy atom. The molecule has 6 heteroatoms. The molecule has 0 heterocycles. The number of aryl methyl sites for hydroxylation is 2. The summed E-state index contributed by atoms with van der Waals surface area (Å²) in [4.78, 5) is 27.0. The first-order chi connectivity index (χ1) is 14.2. The Morgan fingerprint density at radius 2 is 1.83 bits per heavy atom. The number of amides is 2. The molecule has 0 aliphatic heterocycles. The maximum Gasteiger partial charge on any atom is 0.261 e. The number of carbonyl (C=O) groups excluding carboxylic acids is 2. The predicted octanol–water partition coefficient (Wildman–Crippen LogP) is 4.15. The summed E-state index contributed by atoms with van der Waals surface area (Å²) in [6, 6.07) is 11.2. The van der Waals surface area contributed by atoms with Crippen molar-refractivity contribution in [2.75, 3.05) is 6.61 Å². The molecule has 5 nitrogen and oxygen atoms in total. The summed E-state index contributed by atoms with van der Waals surface area (Å²) in [5, 5.41) is 2.89. The van der Waals surface area contributed by atoms with Crippen molar-refractivity contribution in [2.45, 2.75) is 59.7 Å². The highest BCUT2D eigenvalue weighted by molar-refractivity contribution is 5.88. The average molecular weight is 415 g/mol. The molecule has 0 radical (unpaired) electrons. The first-order valence-corrected chi connectivity index (χ1v) is 10.3. The summed E-state index contributed by atoms with van der Waals surface area (Å²) >= 11 is 0. The van der Waals surface area contributed by atoms with Gasteiger partial charge in [-0.25, -0.2) is 4.39 Å². The molecule has 162 valence electrons. The highest BCUT2D eigenvalue weighted by Crippen LogP contribution is 2.19. The van der Waals surface area contributed by atoms with E-state index in [2.05, 4.69) is 5.32 Å². The molecule has 2 aromatic carbocycles. The van der Waals surface area contributed by atoms with Gasteiger partial charge >= 0.3 is 0 Å². The van der Waals surface area contributed by atoms with Gasteiger partial charge in [0, 0.05) is 18.2 Å². The number of ether oxygens (including phenoxy) is 1. The fourth-order valence-electron chi connectivity index (χ4n) is 3.04. The number of carbonyl (C=O) groups is 2. The van der Waals surface area contributed by atoms with Gasteiger partial charge < -0.3 is 15.0 Å². The molecule has 0 fully saturated rings. The minimum absolute atomic E-state index is 0.0168. The van der Waals surface area contributed by atoms with E-state index in [-0.39, 0.29) is 31.0 Å². The van der Waals surface area contributed by atoms with Crippen LogP contribution in [0.15, 0.2) is 42.5 Å². The van der Waals surface area contributed by atoms with E-state index >= 15 is 0 Å². The number of hydrogen-bond acceptors (Lipinski definition) is 3. The topological polar surface area (TPSA) is 58.6 Å². The van der Waals surface area contributed by atoms with Gasteiger partial charge in [-0.1, -0.05) is 42.8 Å². The first kappa shape index (κ1) is 23.4. The Kier molecular flexibility index (Phi) is 8.39. The van der Waals surface area contributed by atoms with Crippen LogP contribution in [0, 0.1) is 19.7 Å². The highest BCUT2D eigenvalue weighted by atomic mass is 19.1. The smallest absolute Gasteiger partial charge is 0.261 e. The molecule has 0 aliphatic rings. The summed E-state index contributed by atoms with van der Waals surface area (Å²) in [6.07, 6.45) is 0.773. The van der Waals surface area contributed by atoms with Crippen LogP contribution in [-0.4, -0.2) is 35.4 Å². The number of rotatable bonds is 9. The van der Waals surface area contributed by atoms with Crippen LogP contribution >= 0.6 is 0 Å². The van der Waals surface area contributed by atoms with Gasteiger partial charge in [0.25, 0.3) is 5.91 Å². The van der Waals surface area contributed by atoms with Crippen molar-refractivity contribution in [1.29, 1.82) is 0 Å². The largest absolute Gasteiger partial charge is 0.483 e. The number of benzene rings is 2. The minimum Gasteiger partial charge on any atom is -0.483 e. The van der Waals surface area contributed by atoms with E-state index in [4.69, 9.17) is 4.74 Å². The molecular weight excluding hydrogens is 383 g/mol. The van der Waals surface area contributed by atoms with Crippen LogP contribution in [0.2, 0.25) is 0 Å². The quantitative estimate of drug-likeness (QED) is 0.671. The first-order valence-electron chi connectivity index (χ1n) is 10.3. The fourth-order valence-corrected chi connectivity index (χ4v) is 3.04. The van der Waals surface area contributed by atoms with Crippen molar-refractivity contribution in [2.24, 2.45) is 0 Å². The zero-order valence-corrected chi connectivity index (χ0v) is 18.4. The Balaban J connectivity index is 2.19. The lowest BCUT2D eigenvalue weighted by molar-refractivity contribution is -0.142. The van der Waals surface area contributed by atoms with E-state index in [1.165, 1.54) is 11.0 Å². The Bertz CT molecular complexity index is 885. The van der Waals surface area contributed by atoms with Crippen molar-refractivity contribution in [3.63, 3.8) is 0 Å². The zero-order valence-electron chi connectivity index (χ0n) is 18.4. The lowest BCUT2D eigenvalue weighted by Gasteiger charge is -2.29. The van der Waals surface area contributed by atoms with E-state index in [0.717, 1.165) is 17.5 Å². The van der Waals surface area contributed by atoms with Gasteiger partial charge in [0.15, 0.2) is 6.61 Å². The number of nitrogens with zero attached hydrogens (tertiary/aromatic N) is 1. The molecule has 0 bridgehead atoms. The van der Waals surface area contributed by atoms with Gasteiger partial charge in [-0.05, 0) is 51.8 Å². The third-order valence-electron chi connectivity index (χ3n) is 5.15. The predicted molar refractivity (Wildman–Crippen MR) is 116 cm³/mol. The molecule has 30 heavy (non-hydrogen) atoms. The zero-order chi connectivity index (χ0) is 22.3. The van der Waals surface area contributed by atoms with Crippen LogP contribution in [0.25, 0.3) is 0 Å². The molecule has 0 unspecified atom stereocenters. The van der Waals surface area contributed by atoms with Gasteiger partial charge in [-0.3, -0.25) is 9.59 Å². The maximum atomic E-state index is 14.2. The van der Waals surface area contributed by atoms with Crippen LogP contribution in [0.5, 0.6) is 5.75 Å². The van der Waals surface area contributed by atoms with Gasteiger partial charge in [0.05, 0.1) is 0 Å². The number of hydrogen-bond donors (Lipinski definition) is 1. The van der Waals surface area contributed by atoms with Gasteiger partial charge in [0.1, 0.15) is 17.6 Å². The molecule has 2 atom stereocenters. The van der Waals surface area contributed by atoms with Crippen LogP contribution in [-0.2, 0) is 16.1 Å². The molecular formula is C24H31FN2O3. The Labute approximate surface area is 178 Å². The van der Waals surface area contributed by atoms with Crippen molar-refractivity contribution >= 4 is 11.8 Å². The number of halogens is 1. The SMILES string of the molecule is CC[C@@H](C)NC(=O)[C@H](C)N(Cc1ccccc1F)C(=O)COc1ccc(C)cc1C. The molecule has 0 saturated heterocycles. The number of nitrogens with one attached hydrogen (secondary N) is 1. The molecule has 2 amide bonds. The van der Waals surface area contributed by atoms with Crippen LogP contribution in [0.1, 0.15) is 43.9 Å². The second-order valence-corrected chi connectivity index (χ2v) is 7.66. The van der Waals surface area contributed by atoms with Crippen LogP contribution in [0.4, 0.5) is 4.39 Å². The molecule has 0 aliphatic carbocycles. The van der Waals surface area contributed by atoms with Crippen molar-refractivity contribution in [3.8, 4) is 5.75 Å². The standard InChI is InChI=1S/C24H31FN2O3/c1-6-18(4)26-24(29)19(5)27(14-20-9-7-8-10-21(20)25)23(28)15-30-22-12-11-16(2)13-17(22)3/h7-13,18-19H,6,14-15H2,1-5H3,(H,26,29)/t18-,19+/m1/s1. The van der Waals surface area contributed by atoms with Crippen molar-refractivity contribution < 1.29 is 18.7 Å². The third kappa shape index (κ3) is 6.31. The highest BCUT2D eigenvalue weighted by Gasteiger charge is 2.28. The fraction of sp³-hybridized carbons (Fsp3) is 0.417. The van der Waals surface area contributed by atoms with E-state index < -0.39 is 11.9 Å². The van der Waals surface area contributed by atoms with E-state index in [1.54, 1.807) is 25.1 Å². The van der Waals surface area contributed by atoms with E-state index in [1.807, 2.05) is 45.9 Å². The second-order valence-electron chi connectivity index (χ2n) is 7.66. The lowest BCUT2D eigenvalue weighted by Crippen LogP contribution is -2.50. The van der Waals surface area contributed by atoms with E-state index in [9.17, 15) is 14.0 Å². The summed E-state index contributed by atoms with van der Waals surface area (Å²) in [5.41, 5.74) is 2.37. The van der Waals surface area contributed by atoms with Crippen LogP contribution < -0.4 is 10.1 Å². The maximum absolute atomic E-state index is 14.2. The normalized spacial score (nSPS) is 12.7. The molecule has 0 aromatic heterocycles. The monoisotopic (exact) mass is 414 g/mol. The summed E-state index contributed by atoms with van der Waals surface area (Å²) < 4.78 is 19.9.